The number of terminal acetylenes is 1. The van der Waals surface area contributed by atoms with Crippen LogP contribution in [0.5, 0.6) is 0 Å². The SMILES string of the molecule is C#CCN1C(/C=C/c2ccccc2)C(=O)OC[C@H]1c1ccccc1. The summed E-state index contributed by atoms with van der Waals surface area (Å²) in [6.07, 6.45) is 9.35. The minimum Gasteiger partial charge on any atom is -0.462 e. The first kappa shape index (κ1) is 16.0. The number of hydrogen-bond acceptors (Lipinski definition) is 3. The molecule has 3 rings (SSSR count). The first-order chi connectivity index (χ1) is 11.8. The molecule has 0 N–H and O–H groups in total. The molecule has 2 aromatic carbocycles. The van der Waals surface area contributed by atoms with E-state index in [2.05, 4.69) is 5.92 Å². The van der Waals surface area contributed by atoms with Gasteiger partial charge in [-0.2, -0.15) is 0 Å². The van der Waals surface area contributed by atoms with Crippen LogP contribution in [-0.4, -0.2) is 30.1 Å². The van der Waals surface area contributed by atoms with E-state index in [0.29, 0.717) is 13.2 Å². The predicted molar refractivity (Wildman–Crippen MR) is 94.9 cm³/mol. The molecule has 24 heavy (non-hydrogen) atoms. The highest BCUT2D eigenvalue weighted by molar-refractivity contribution is 5.80. The van der Waals surface area contributed by atoms with E-state index in [4.69, 9.17) is 11.2 Å². The maximum Gasteiger partial charge on any atom is 0.327 e. The number of cyclic esters (lactones) is 1. The molecule has 3 nitrogen and oxygen atoms in total. The number of ether oxygens (including phenoxy) is 1. The quantitative estimate of drug-likeness (QED) is 0.640. The Morgan fingerprint density at radius 3 is 2.46 bits per heavy atom. The molecule has 3 heteroatoms. The monoisotopic (exact) mass is 317 g/mol. The van der Waals surface area contributed by atoms with Crippen LogP contribution in [0.4, 0.5) is 0 Å². The van der Waals surface area contributed by atoms with Crippen molar-refractivity contribution in [3.8, 4) is 12.3 Å². The van der Waals surface area contributed by atoms with Crippen LogP contribution >= 0.6 is 0 Å². The highest BCUT2D eigenvalue weighted by Crippen LogP contribution is 2.28. The predicted octanol–water partition coefficient (Wildman–Crippen LogP) is 3.30. The molecule has 120 valence electrons. The zero-order valence-corrected chi connectivity index (χ0v) is 13.3. The van der Waals surface area contributed by atoms with E-state index in [1.807, 2.05) is 77.7 Å². The number of nitrogens with zero attached hydrogens (tertiary/aromatic N) is 1. The van der Waals surface area contributed by atoms with Gasteiger partial charge in [0.2, 0.25) is 0 Å². The third-order valence-electron chi connectivity index (χ3n) is 4.11. The smallest absolute Gasteiger partial charge is 0.327 e. The maximum atomic E-state index is 12.3. The summed E-state index contributed by atoms with van der Waals surface area (Å²) in [5, 5.41) is 0. The summed E-state index contributed by atoms with van der Waals surface area (Å²) in [6, 6.07) is 19.3. The Labute approximate surface area is 142 Å². The molecule has 1 aliphatic heterocycles. The number of carbonyl (C=O) groups is 1. The Hall–Kier alpha value is -2.83. The largest absolute Gasteiger partial charge is 0.462 e. The van der Waals surface area contributed by atoms with Crippen molar-refractivity contribution >= 4 is 12.0 Å². The van der Waals surface area contributed by atoms with Crippen molar-refractivity contribution in [3.05, 3.63) is 77.9 Å². The van der Waals surface area contributed by atoms with Gasteiger partial charge in [-0.15, -0.1) is 6.42 Å². The summed E-state index contributed by atoms with van der Waals surface area (Å²) in [4.78, 5) is 14.3. The highest BCUT2D eigenvalue weighted by Gasteiger charge is 2.36. The van der Waals surface area contributed by atoms with E-state index in [1.54, 1.807) is 0 Å². The van der Waals surface area contributed by atoms with E-state index in [9.17, 15) is 4.79 Å². The molecule has 1 heterocycles. The summed E-state index contributed by atoms with van der Waals surface area (Å²) in [6.45, 7) is 0.707. The van der Waals surface area contributed by atoms with Gasteiger partial charge in [0.05, 0.1) is 12.6 Å². The highest BCUT2D eigenvalue weighted by atomic mass is 16.5. The summed E-state index contributed by atoms with van der Waals surface area (Å²) in [7, 11) is 0. The molecule has 0 bridgehead atoms. The van der Waals surface area contributed by atoms with Gasteiger partial charge < -0.3 is 4.74 Å². The molecule has 1 unspecified atom stereocenters. The van der Waals surface area contributed by atoms with Crippen LogP contribution in [0.15, 0.2) is 66.7 Å². The molecule has 1 fully saturated rings. The number of esters is 1. The Kier molecular flexibility index (Phi) is 5.10. The van der Waals surface area contributed by atoms with Gasteiger partial charge in [-0.25, -0.2) is 4.79 Å². The van der Waals surface area contributed by atoms with Crippen LogP contribution in [0.2, 0.25) is 0 Å². The fraction of sp³-hybridized carbons (Fsp3) is 0.190. The Bertz CT molecular complexity index is 746. The second kappa shape index (κ2) is 7.63. The Morgan fingerprint density at radius 1 is 1.12 bits per heavy atom. The molecule has 0 saturated carbocycles. The lowest BCUT2D eigenvalue weighted by Crippen LogP contribution is -2.49. The first-order valence-corrected chi connectivity index (χ1v) is 7.93. The zero-order valence-electron chi connectivity index (χ0n) is 13.3. The van der Waals surface area contributed by atoms with Crippen molar-refractivity contribution in [2.24, 2.45) is 0 Å². The first-order valence-electron chi connectivity index (χ1n) is 7.93. The van der Waals surface area contributed by atoms with E-state index in [1.165, 1.54) is 0 Å². The second-order valence-electron chi connectivity index (χ2n) is 5.65. The van der Waals surface area contributed by atoms with Crippen molar-refractivity contribution in [2.75, 3.05) is 13.2 Å². The van der Waals surface area contributed by atoms with Gasteiger partial charge >= 0.3 is 5.97 Å². The summed E-state index contributed by atoms with van der Waals surface area (Å²) in [5.41, 5.74) is 2.13. The van der Waals surface area contributed by atoms with Gasteiger partial charge in [0.15, 0.2) is 0 Å². The number of rotatable bonds is 4. The third kappa shape index (κ3) is 3.56. The molecule has 0 aliphatic carbocycles. The van der Waals surface area contributed by atoms with Gasteiger partial charge in [-0.1, -0.05) is 78.7 Å². The van der Waals surface area contributed by atoms with Crippen LogP contribution in [0.3, 0.4) is 0 Å². The number of hydrogen-bond donors (Lipinski definition) is 0. The lowest BCUT2D eigenvalue weighted by atomic mass is 10.0. The van der Waals surface area contributed by atoms with E-state index in [-0.39, 0.29) is 12.0 Å². The van der Waals surface area contributed by atoms with Crippen LogP contribution in [0.1, 0.15) is 17.2 Å². The lowest BCUT2D eigenvalue weighted by molar-refractivity contribution is -0.159. The second-order valence-corrected chi connectivity index (χ2v) is 5.65. The van der Waals surface area contributed by atoms with Crippen molar-refractivity contribution in [3.63, 3.8) is 0 Å². The fourth-order valence-corrected chi connectivity index (χ4v) is 2.90. The normalized spacial score (nSPS) is 21.4. The van der Waals surface area contributed by atoms with Gasteiger partial charge in [-0.3, -0.25) is 4.90 Å². The summed E-state index contributed by atoms with van der Waals surface area (Å²) < 4.78 is 5.42. The average molecular weight is 317 g/mol. The molecule has 0 radical (unpaired) electrons. The number of benzene rings is 2. The third-order valence-corrected chi connectivity index (χ3v) is 4.11. The standard InChI is InChI=1S/C21H19NO2/c1-2-15-22-19(14-13-17-9-5-3-6-10-17)21(23)24-16-20(22)18-11-7-4-8-12-18/h1,3-14,19-20H,15-16H2/b14-13+/t19?,20-/m0/s1. The summed E-state index contributed by atoms with van der Waals surface area (Å²) in [5.74, 6) is 2.41. The van der Waals surface area contributed by atoms with Gasteiger partial charge in [0.25, 0.3) is 0 Å². The van der Waals surface area contributed by atoms with Crippen LogP contribution in [0.25, 0.3) is 6.08 Å². The zero-order chi connectivity index (χ0) is 16.8. The Morgan fingerprint density at radius 2 is 1.79 bits per heavy atom. The fourth-order valence-electron chi connectivity index (χ4n) is 2.90. The topological polar surface area (TPSA) is 29.5 Å². The minimum absolute atomic E-state index is 0.0367. The van der Waals surface area contributed by atoms with E-state index < -0.39 is 6.04 Å². The molecule has 0 aromatic heterocycles. The summed E-state index contributed by atoms with van der Waals surface area (Å²) >= 11 is 0. The van der Waals surface area contributed by atoms with Crippen LogP contribution in [0, 0.1) is 12.3 Å². The molecule has 2 atom stereocenters. The molecular formula is C21H19NO2. The Balaban J connectivity index is 1.88. The van der Waals surface area contributed by atoms with Crippen LogP contribution in [-0.2, 0) is 9.53 Å². The molecule has 2 aromatic rings. The molecular weight excluding hydrogens is 298 g/mol. The van der Waals surface area contributed by atoms with Crippen molar-refractivity contribution in [1.29, 1.82) is 0 Å². The van der Waals surface area contributed by atoms with Crippen molar-refractivity contribution in [1.82, 2.24) is 4.90 Å². The minimum atomic E-state index is -0.486. The molecule has 0 spiro atoms. The maximum absolute atomic E-state index is 12.3. The lowest BCUT2D eigenvalue weighted by Gasteiger charge is -2.38. The van der Waals surface area contributed by atoms with Crippen molar-refractivity contribution in [2.45, 2.75) is 12.1 Å². The number of morpholine rings is 1. The molecule has 0 amide bonds. The van der Waals surface area contributed by atoms with Crippen molar-refractivity contribution < 1.29 is 9.53 Å². The van der Waals surface area contributed by atoms with Gasteiger partial charge in [-0.05, 0) is 11.1 Å². The van der Waals surface area contributed by atoms with Gasteiger partial charge in [0.1, 0.15) is 12.6 Å². The van der Waals surface area contributed by atoms with Crippen LogP contribution < -0.4 is 0 Å². The average Bonchev–Trinajstić information content (AvgIpc) is 2.63. The van der Waals surface area contributed by atoms with E-state index >= 15 is 0 Å². The van der Waals surface area contributed by atoms with E-state index in [0.717, 1.165) is 11.1 Å². The number of carbonyl (C=O) groups excluding carboxylic acids is 1. The molecule has 1 aliphatic rings. The molecule has 1 saturated heterocycles. The van der Waals surface area contributed by atoms with Gasteiger partial charge in [0, 0.05) is 0 Å².